The number of fused-ring (bicyclic) bond motifs is 1. The molecule has 0 saturated carbocycles. The summed E-state index contributed by atoms with van der Waals surface area (Å²) in [5.41, 5.74) is 1.77. The van der Waals surface area contributed by atoms with E-state index < -0.39 is 5.97 Å². The SMILES string of the molecule is Cc1ccoc1-c1nc2c(C(=O)O)cccc2o1. The van der Waals surface area contributed by atoms with Crippen molar-refractivity contribution in [2.24, 2.45) is 0 Å². The molecule has 1 aromatic carbocycles. The van der Waals surface area contributed by atoms with Crippen molar-refractivity contribution in [3.05, 3.63) is 41.7 Å². The van der Waals surface area contributed by atoms with Gasteiger partial charge in [0.1, 0.15) is 5.52 Å². The maximum Gasteiger partial charge on any atom is 0.338 e. The van der Waals surface area contributed by atoms with Crippen LogP contribution in [0.5, 0.6) is 0 Å². The van der Waals surface area contributed by atoms with Crippen LogP contribution in [0.3, 0.4) is 0 Å². The number of carboxylic acids is 1. The van der Waals surface area contributed by atoms with E-state index in [0.29, 0.717) is 22.8 Å². The zero-order valence-electron chi connectivity index (χ0n) is 9.51. The fraction of sp³-hybridized carbons (Fsp3) is 0.0769. The van der Waals surface area contributed by atoms with E-state index in [9.17, 15) is 4.79 Å². The monoisotopic (exact) mass is 243 g/mol. The molecule has 0 atom stereocenters. The van der Waals surface area contributed by atoms with Crippen molar-refractivity contribution in [2.45, 2.75) is 6.92 Å². The minimum absolute atomic E-state index is 0.117. The van der Waals surface area contributed by atoms with Gasteiger partial charge in [-0.3, -0.25) is 0 Å². The van der Waals surface area contributed by atoms with Crippen LogP contribution in [0.4, 0.5) is 0 Å². The number of nitrogens with zero attached hydrogens (tertiary/aromatic N) is 1. The van der Waals surface area contributed by atoms with Gasteiger partial charge in [0.15, 0.2) is 11.3 Å². The molecule has 0 aliphatic carbocycles. The number of hydrogen-bond donors (Lipinski definition) is 1. The number of aryl methyl sites for hydroxylation is 1. The van der Waals surface area contributed by atoms with E-state index in [1.54, 1.807) is 18.2 Å². The summed E-state index contributed by atoms with van der Waals surface area (Å²) in [4.78, 5) is 15.3. The molecule has 2 aromatic heterocycles. The molecule has 0 unspecified atom stereocenters. The average Bonchev–Trinajstić information content (AvgIpc) is 2.92. The van der Waals surface area contributed by atoms with Gasteiger partial charge in [0.2, 0.25) is 0 Å². The van der Waals surface area contributed by atoms with Gasteiger partial charge >= 0.3 is 5.97 Å². The number of aromatic carboxylic acids is 1. The Morgan fingerprint density at radius 1 is 1.33 bits per heavy atom. The van der Waals surface area contributed by atoms with Crippen LogP contribution >= 0.6 is 0 Å². The van der Waals surface area contributed by atoms with Crippen molar-refractivity contribution in [1.82, 2.24) is 4.98 Å². The zero-order chi connectivity index (χ0) is 12.7. The summed E-state index contributed by atoms with van der Waals surface area (Å²) in [6, 6.07) is 6.58. The lowest BCUT2D eigenvalue weighted by Crippen LogP contribution is -1.96. The largest absolute Gasteiger partial charge is 0.478 e. The first kappa shape index (κ1) is 10.6. The van der Waals surface area contributed by atoms with Gasteiger partial charge in [-0.25, -0.2) is 9.78 Å². The van der Waals surface area contributed by atoms with Gasteiger partial charge in [0.05, 0.1) is 11.8 Å². The maximum atomic E-state index is 11.1. The van der Waals surface area contributed by atoms with E-state index in [0.717, 1.165) is 5.56 Å². The number of carbonyl (C=O) groups is 1. The highest BCUT2D eigenvalue weighted by molar-refractivity contribution is 6.00. The molecule has 0 spiro atoms. The van der Waals surface area contributed by atoms with E-state index in [1.807, 2.05) is 6.92 Å². The molecule has 2 heterocycles. The van der Waals surface area contributed by atoms with Gasteiger partial charge in [-0.15, -0.1) is 0 Å². The van der Waals surface area contributed by atoms with E-state index in [2.05, 4.69) is 4.98 Å². The molecule has 0 saturated heterocycles. The number of furan rings is 1. The van der Waals surface area contributed by atoms with Crippen LogP contribution in [0, 0.1) is 6.92 Å². The van der Waals surface area contributed by atoms with Crippen LogP contribution in [0.25, 0.3) is 22.8 Å². The summed E-state index contributed by atoms with van der Waals surface area (Å²) in [6.45, 7) is 1.87. The van der Waals surface area contributed by atoms with Gasteiger partial charge in [0, 0.05) is 5.56 Å². The Morgan fingerprint density at radius 2 is 2.17 bits per heavy atom. The molecule has 0 aliphatic heterocycles. The molecule has 0 amide bonds. The van der Waals surface area contributed by atoms with Gasteiger partial charge < -0.3 is 13.9 Å². The first-order chi connectivity index (χ1) is 8.66. The Morgan fingerprint density at radius 3 is 2.83 bits per heavy atom. The van der Waals surface area contributed by atoms with Crippen molar-refractivity contribution >= 4 is 17.1 Å². The quantitative estimate of drug-likeness (QED) is 0.748. The highest BCUT2D eigenvalue weighted by atomic mass is 16.4. The van der Waals surface area contributed by atoms with Gasteiger partial charge in [-0.2, -0.15) is 0 Å². The Kier molecular flexibility index (Phi) is 2.19. The molecule has 3 aromatic rings. The molecule has 18 heavy (non-hydrogen) atoms. The van der Waals surface area contributed by atoms with Crippen molar-refractivity contribution < 1.29 is 18.7 Å². The molecule has 0 fully saturated rings. The number of para-hydroxylation sites is 1. The van der Waals surface area contributed by atoms with Gasteiger partial charge in [0.25, 0.3) is 5.89 Å². The summed E-state index contributed by atoms with van der Waals surface area (Å²) in [7, 11) is 0. The average molecular weight is 243 g/mol. The highest BCUT2D eigenvalue weighted by Crippen LogP contribution is 2.28. The van der Waals surface area contributed by atoms with E-state index in [4.69, 9.17) is 13.9 Å². The lowest BCUT2D eigenvalue weighted by molar-refractivity contribution is 0.0699. The van der Waals surface area contributed by atoms with Crippen LogP contribution in [0.2, 0.25) is 0 Å². The van der Waals surface area contributed by atoms with Crippen molar-refractivity contribution in [2.75, 3.05) is 0 Å². The highest BCUT2D eigenvalue weighted by Gasteiger charge is 2.17. The Labute approximate surface area is 102 Å². The minimum atomic E-state index is -1.03. The van der Waals surface area contributed by atoms with Crippen molar-refractivity contribution in [3.63, 3.8) is 0 Å². The predicted molar refractivity (Wildman–Crippen MR) is 63.4 cm³/mol. The van der Waals surface area contributed by atoms with Crippen LogP contribution in [-0.4, -0.2) is 16.1 Å². The van der Waals surface area contributed by atoms with E-state index in [-0.39, 0.29) is 5.56 Å². The summed E-state index contributed by atoms with van der Waals surface area (Å²) in [6.07, 6.45) is 1.54. The smallest absolute Gasteiger partial charge is 0.338 e. The van der Waals surface area contributed by atoms with Crippen LogP contribution in [-0.2, 0) is 0 Å². The second-order valence-corrected chi connectivity index (χ2v) is 3.91. The minimum Gasteiger partial charge on any atom is -0.478 e. The molecule has 5 nitrogen and oxygen atoms in total. The van der Waals surface area contributed by atoms with Crippen LogP contribution < -0.4 is 0 Å². The second-order valence-electron chi connectivity index (χ2n) is 3.91. The summed E-state index contributed by atoms with van der Waals surface area (Å²) >= 11 is 0. The number of benzene rings is 1. The lowest BCUT2D eigenvalue weighted by atomic mass is 10.2. The molecule has 90 valence electrons. The first-order valence-electron chi connectivity index (χ1n) is 5.34. The molecule has 5 heteroatoms. The molecular formula is C13H9NO4. The second kappa shape index (κ2) is 3.73. The van der Waals surface area contributed by atoms with Crippen molar-refractivity contribution in [3.8, 4) is 11.7 Å². The molecule has 0 bridgehead atoms. The third-order valence-electron chi connectivity index (χ3n) is 2.71. The maximum absolute atomic E-state index is 11.1. The van der Waals surface area contributed by atoms with Crippen LogP contribution in [0.15, 0.2) is 39.4 Å². The third-order valence-corrected chi connectivity index (χ3v) is 2.71. The number of aromatic nitrogens is 1. The Bertz CT molecular complexity index is 738. The van der Waals surface area contributed by atoms with Gasteiger partial charge in [-0.05, 0) is 25.1 Å². The molecular weight excluding hydrogens is 234 g/mol. The first-order valence-corrected chi connectivity index (χ1v) is 5.34. The van der Waals surface area contributed by atoms with Gasteiger partial charge in [-0.1, -0.05) is 6.07 Å². The summed E-state index contributed by atoms with van der Waals surface area (Å²) < 4.78 is 10.8. The molecule has 1 N–H and O–H groups in total. The third kappa shape index (κ3) is 1.48. The normalized spacial score (nSPS) is 10.9. The fourth-order valence-corrected chi connectivity index (χ4v) is 1.81. The molecule has 3 rings (SSSR count). The van der Waals surface area contributed by atoms with Crippen LogP contribution in [0.1, 0.15) is 15.9 Å². The fourth-order valence-electron chi connectivity index (χ4n) is 1.81. The number of oxazole rings is 1. The van der Waals surface area contributed by atoms with E-state index in [1.165, 1.54) is 12.3 Å². The number of rotatable bonds is 2. The predicted octanol–water partition coefficient (Wildman–Crippen LogP) is 3.09. The lowest BCUT2D eigenvalue weighted by Gasteiger charge is -1.92. The Hall–Kier alpha value is -2.56. The molecule has 0 aliphatic rings. The van der Waals surface area contributed by atoms with Crippen molar-refractivity contribution in [1.29, 1.82) is 0 Å². The zero-order valence-corrected chi connectivity index (χ0v) is 9.51. The standard InChI is InChI=1S/C13H9NO4/c1-7-5-6-17-11(7)12-14-10-8(13(15)16)3-2-4-9(10)18-12/h2-6H,1H3,(H,15,16). The number of hydrogen-bond acceptors (Lipinski definition) is 4. The topological polar surface area (TPSA) is 76.5 Å². The molecule has 0 radical (unpaired) electrons. The Balaban J connectivity index is 2.26. The summed E-state index contributed by atoms with van der Waals surface area (Å²) in [5, 5.41) is 9.07. The van der Waals surface area contributed by atoms with E-state index >= 15 is 0 Å². The summed E-state index contributed by atoms with van der Waals surface area (Å²) in [5.74, 6) is -0.222. The number of carboxylic acid groups (broad SMARTS) is 1.